The van der Waals surface area contributed by atoms with E-state index in [4.69, 9.17) is 11.5 Å². The maximum atomic E-state index is 14.0. The number of carbonyl (C=O) groups excluding carboxylic acids is 3. The van der Waals surface area contributed by atoms with E-state index in [1.54, 1.807) is 30.3 Å². The fourth-order valence-corrected chi connectivity index (χ4v) is 4.60. The highest BCUT2D eigenvalue weighted by atomic mass is 32.1. The first kappa shape index (κ1) is 25.4. The summed E-state index contributed by atoms with van der Waals surface area (Å²) in [6.07, 6.45) is 0. The van der Waals surface area contributed by atoms with Gasteiger partial charge < -0.3 is 21.9 Å². The van der Waals surface area contributed by atoms with Crippen LogP contribution in [0.25, 0.3) is 0 Å². The largest absolute Gasteiger partial charge is 0.508 e. The molecule has 0 aliphatic carbocycles. The number of phenols is 1. The van der Waals surface area contributed by atoms with E-state index < -0.39 is 23.8 Å². The van der Waals surface area contributed by atoms with Crippen molar-refractivity contribution in [1.29, 1.82) is 0 Å². The third-order valence-corrected chi connectivity index (χ3v) is 6.53. The Morgan fingerprint density at radius 2 is 1.73 bits per heavy atom. The van der Waals surface area contributed by atoms with Crippen molar-refractivity contribution in [3.8, 4) is 5.75 Å². The van der Waals surface area contributed by atoms with Crippen LogP contribution in [-0.4, -0.2) is 27.2 Å². The summed E-state index contributed by atoms with van der Waals surface area (Å²) in [7, 11) is 0. The predicted molar refractivity (Wildman–Crippen MR) is 142 cm³/mol. The molecule has 1 heterocycles. The SMILES string of the molecule is Cc1cccc(N(C(=O)c2snc(C(N)=O)c2N)[C@H](C(=O)NCc2ccccc2)c2ccc(O)cc2)c1. The molecule has 0 fully saturated rings. The summed E-state index contributed by atoms with van der Waals surface area (Å²) in [5, 5.41) is 12.8. The van der Waals surface area contributed by atoms with Crippen molar-refractivity contribution < 1.29 is 19.5 Å². The number of primary amides is 1. The van der Waals surface area contributed by atoms with Crippen molar-refractivity contribution in [1.82, 2.24) is 9.69 Å². The van der Waals surface area contributed by atoms with Crippen LogP contribution in [-0.2, 0) is 11.3 Å². The molecular weight excluding hydrogens is 490 g/mol. The maximum Gasteiger partial charge on any atom is 0.273 e. The van der Waals surface area contributed by atoms with Gasteiger partial charge in [-0.05, 0) is 59.4 Å². The second kappa shape index (κ2) is 10.9. The van der Waals surface area contributed by atoms with Crippen LogP contribution in [0.5, 0.6) is 5.75 Å². The van der Waals surface area contributed by atoms with Gasteiger partial charge >= 0.3 is 0 Å². The summed E-state index contributed by atoms with van der Waals surface area (Å²) in [5.41, 5.74) is 13.7. The molecule has 0 saturated heterocycles. The third-order valence-electron chi connectivity index (χ3n) is 5.68. The monoisotopic (exact) mass is 515 g/mol. The minimum absolute atomic E-state index is 0.0124. The Hall–Kier alpha value is -4.70. The zero-order valence-electron chi connectivity index (χ0n) is 19.9. The standard InChI is InChI=1S/C27H25N5O4S/c1-16-6-5-9-19(14-16)32(27(36)24-21(28)22(25(29)34)31-37-24)23(18-10-12-20(33)13-11-18)26(35)30-15-17-7-3-2-4-8-17/h2-14,23,33H,15,28H2,1H3,(H2,29,34)(H,30,35)/t23-/m0/s1. The molecular formula is C27H25N5O4S. The molecule has 10 heteroatoms. The number of nitrogen functional groups attached to an aromatic ring is 1. The highest BCUT2D eigenvalue weighted by Gasteiger charge is 2.36. The maximum absolute atomic E-state index is 14.0. The number of benzene rings is 3. The lowest BCUT2D eigenvalue weighted by molar-refractivity contribution is -0.122. The van der Waals surface area contributed by atoms with E-state index >= 15 is 0 Å². The number of aromatic nitrogens is 1. The number of rotatable bonds is 8. The Labute approximate surface area is 217 Å². The van der Waals surface area contributed by atoms with E-state index in [0.717, 1.165) is 22.7 Å². The van der Waals surface area contributed by atoms with Gasteiger partial charge in [0.25, 0.3) is 11.8 Å². The second-order valence-corrected chi connectivity index (χ2v) is 9.12. The molecule has 37 heavy (non-hydrogen) atoms. The molecule has 188 valence electrons. The fraction of sp³-hybridized carbons (Fsp3) is 0.111. The number of anilines is 2. The Morgan fingerprint density at radius 1 is 1.03 bits per heavy atom. The van der Waals surface area contributed by atoms with Crippen LogP contribution in [0.1, 0.15) is 42.9 Å². The van der Waals surface area contributed by atoms with Crippen molar-refractivity contribution in [2.24, 2.45) is 5.73 Å². The van der Waals surface area contributed by atoms with Crippen molar-refractivity contribution in [2.45, 2.75) is 19.5 Å². The second-order valence-electron chi connectivity index (χ2n) is 8.35. The fourth-order valence-electron chi connectivity index (χ4n) is 3.86. The van der Waals surface area contributed by atoms with Gasteiger partial charge in [0.1, 0.15) is 16.7 Å². The molecule has 0 aliphatic rings. The number of nitrogens with one attached hydrogen (secondary N) is 1. The van der Waals surface area contributed by atoms with E-state index in [2.05, 4.69) is 9.69 Å². The molecule has 1 aromatic heterocycles. The number of aryl methyl sites for hydroxylation is 1. The molecule has 0 spiro atoms. The van der Waals surface area contributed by atoms with Crippen LogP contribution < -0.4 is 21.7 Å². The predicted octanol–water partition coefficient (Wildman–Crippen LogP) is 3.54. The van der Waals surface area contributed by atoms with Crippen LogP contribution in [0.2, 0.25) is 0 Å². The van der Waals surface area contributed by atoms with Gasteiger partial charge in [-0.2, -0.15) is 4.37 Å². The normalized spacial score (nSPS) is 11.5. The average molecular weight is 516 g/mol. The van der Waals surface area contributed by atoms with Gasteiger partial charge in [-0.1, -0.05) is 54.6 Å². The Morgan fingerprint density at radius 3 is 2.35 bits per heavy atom. The Balaban J connectivity index is 1.83. The Bertz CT molecular complexity index is 1440. The molecule has 6 N–H and O–H groups in total. The van der Waals surface area contributed by atoms with E-state index in [9.17, 15) is 19.5 Å². The van der Waals surface area contributed by atoms with E-state index in [-0.39, 0.29) is 28.6 Å². The summed E-state index contributed by atoms with van der Waals surface area (Å²) >= 11 is 0.738. The molecule has 4 aromatic rings. The van der Waals surface area contributed by atoms with Gasteiger partial charge in [0.2, 0.25) is 5.91 Å². The van der Waals surface area contributed by atoms with Gasteiger partial charge in [-0.15, -0.1) is 0 Å². The van der Waals surface area contributed by atoms with Crippen LogP contribution in [0.15, 0.2) is 78.9 Å². The smallest absolute Gasteiger partial charge is 0.273 e. The van der Waals surface area contributed by atoms with Gasteiger partial charge in [0, 0.05) is 12.2 Å². The molecule has 9 nitrogen and oxygen atoms in total. The number of nitrogens with two attached hydrogens (primary N) is 2. The number of nitrogens with zero attached hydrogens (tertiary/aromatic N) is 2. The van der Waals surface area contributed by atoms with Crippen LogP contribution >= 0.6 is 11.5 Å². The number of hydrogen-bond acceptors (Lipinski definition) is 7. The molecule has 1 atom stereocenters. The number of hydrogen-bond donors (Lipinski definition) is 4. The molecule has 0 unspecified atom stereocenters. The van der Waals surface area contributed by atoms with Crippen LogP contribution in [0.3, 0.4) is 0 Å². The van der Waals surface area contributed by atoms with Crippen LogP contribution in [0.4, 0.5) is 11.4 Å². The van der Waals surface area contributed by atoms with Crippen molar-refractivity contribution in [2.75, 3.05) is 10.6 Å². The lowest BCUT2D eigenvalue weighted by atomic mass is 10.0. The minimum Gasteiger partial charge on any atom is -0.508 e. The lowest BCUT2D eigenvalue weighted by Crippen LogP contribution is -2.44. The molecule has 4 rings (SSSR count). The first-order valence-electron chi connectivity index (χ1n) is 11.3. The van der Waals surface area contributed by atoms with Gasteiger partial charge in [-0.25, -0.2) is 0 Å². The Kier molecular flexibility index (Phi) is 7.49. The van der Waals surface area contributed by atoms with Crippen molar-refractivity contribution in [3.05, 3.63) is 106 Å². The number of amides is 3. The highest BCUT2D eigenvalue weighted by molar-refractivity contribution is 7.09. The molecule has 3 aromatic carbocycles. The quantitative estimate of drug-likeness (QED) is 0.282. The van der Waals surface area contributed by atoms with E-state index in [1.165, 1.54) is 17.0 Å². The summed E-state index contributed by atoms with van der Waals surface area (Å²) in [5.74, 6) is -1.92. The minimum atomic E-state index is -1.14. The highest BCUT2D eigenvalue weighted by Crippen LogP contribution is 2.34. The lowest BCUT2D eigenvalue weighted by Gasteiger charge is -2.31. The van der Waals surface area contributed by atoms with Crippen LogP contribution in [0, 0.1) is 6.92 Å². The summed E-state index contributed by atoms with van der Waals surface area (Å²) < 4.78 is 3.96. The molecule has 0 saturated carbocycles. The third kappa shape index (κ3) is 5.60. The molecule has 0 bridgehead atoms. The van der Waals surface area contributed by atoms with Crippen molar-refractivity contribution >= 4 is 40.6 Å². The number of aromatic hydroxyl groups is 1. The molecule has 0 radical (unpaired) electrons. The van der Waals surface area contributed by atoms with Gasteiger partial charge in [-0.3, -0.25) is 19.3 Å². The van der Waals surface area contributed by atoms with E-state index in [1.807, 2.05) is 43.3 Å². The summed E-state index contributed by atoms with van der Waals surface area (Å²) in [6.45, 7) is 2.10. The van der Waals surface area contributed by atoms with Gasteiger partial charge in [0.15, 0.2) is 5.69 Å². The number of carbonyl (C=O) groups is 3. The van der Waals surface area contributed by atoms with E-state index in [0.29, 0.717) is 11.3 Å². The summed E-state index contributed by atoms with van der Waals surface area (Å²) in [4.78, 5) is 40.8. The zero-order chi connectivity index (χ0) is 26.5. The number of phenolic OH excluding ortho intramolecular Hbond substituents is 1. The first-order chi connectivity index (χ1) is 17.8. The topological polar surface area (TPSA) is 152 Å². The average Bonchev–Trinajstić information content (AvgIpc) is 3.28. The molecule has 3 amide bonds. The van der Waals surface area contributed by atoms with Crippen molar-refractivity contribution in [3.63, 3.8) is 0 Å². The zero-order valence-corrected chi connectivity index (χ0v) is 20.7. The molecule has 0 aliphatic heterocycles. The first-order valence-corrected chi connectivity index (χ1v) is 12.1. The van der Waals surface area contributed by atoms with Gasteiger partial charge in [0.05, 0.1) is 5.69 Å². The summed E-state index contributed by atoms with van der Waals surface area (Å²) in [6, 6.07) is 21.4.